The molecule has 3 aromatic rings. The van der Waals surface area contributed by atoms with Crippen LogP contribution < -0.4 is 5.32 Å². The number of fused-ring (bicyclic) bond motifs is 1. The maximum atomic E-state index is 10.2. The molecular formula is C17H13Br2NO. The predicted molar refractivity (Wildman–Crippen MR) is 94.8 cm³/mol. The Labute approximate surface area is 140 Å². The summed E-state index contributed by atoms with van der Waals surface area (Å²) in [6.45, 7) is 0.550. The number of rotatable bonds is 3. The molecule has 106 valence electrons. The van der Waals surface area contributed by atoms with Crippen molar-refractivity contribution < 1.29 is 5.11 Å². The first kappa shape index (κ1) is 14.4. The molecule has 3 rings (SSSR count). The fraction of sp³-hybridized carbons (Fsp3) is 0.0588. The molecule has 2 N–H and O–H groups in total. The van der Waals surface area contributed by atoms with Gasteiger partial charge >= 0.3 is 0 Å². The smallest absolute Gasteiger partial charge is 0.121 e. The third-order valence-electron chi connectivity index (χ3n) is 3.42. The first-order valence-electron chi connectivity index (χ1n) is 6.54. The first-order valence-corrected chi connectivity index (χ1v) is 8.13. The molecule has 0 bridgehead atoms. The summed E-state index contributed by atoms with van der Waals surface area (Å²) in [7, 11) is 0. The van der Waals surface area contributed by atoms with E-state index >= 15 is 0 Å². The minimum absolute atomic E-state index is 0.310. The zero-order chi connectivity index (χ0) is 14.8. The van der Waals surface area contributed by atoms with E-state index in [1.165, 1.54) is 0 Å². The van der Waals surface area contributed by atoms with Crippen LogP contribution in [0.25, 0.3) is 10.8 Å². The number of nitrogens with one attached hydrogen (secondary N) is 1. The molecule has 0 saturated carbocycles. The molecule has 0 heterocycles. The van der Waals surface area contributed by atoms with Gasteiger partial charge < -0.3 is 10.4 Å². The molecule has 0 unspecified atom stereocenters. The van der Waals surface area contributed by atoms with E-state index in [4.69, 9.17) is 0 Å². The minimum atomic E-state index is 0.310. The van der Waals surface area contributed by atoms with Gasteiger partial charge in [0.2, 0.25) is 0 Å². The van der Waals surface area contributed by atoms with Crippen molar-refractivity contribution in [3.63, 3.8) is 0 Å². The Morgan fingerprint density at radius 2 is 1.57 bits per heavy atom. The molecule has 0 aliphatic heterocycles. The molecule has 0 aliphatic rings. The summed E-state index contributed by atoms with van der Waals surface area (Å²) in [6, 6.07) is 17.7. The number of benzene rings is 3. The number of phenolic OH excluding ortho intramolecular Hbond substituents is 1. The van der Waals surface area contributed by atoms with Gasteiger partial charge in [0.05, 0.1) is 5.69 Å². The van der Waals surface area contributed by atoms with Crippen molar-refractivity contribution in [1.82, 2.24) is 0 Å². The van der Waals surface area contributed by atoms with Crippen LogP contribution >= 0.6 is 31.9 Å². The lowest BCUT2D eigenvalue weighted by Gasteiger charge is -2.13. The molecule has 0 radical (unpaired) electrons. The first-order chi connectivity index (χ1) is 10.2. The fourth-order valence-corrected chi connectivity index (χ4v) is 3.63. The van der Waals surface area contributed by atoms with E-state index in [1.807, 2.05) is 48.5 Å². The van der Waals surface area contributed by atoms with Crippen LogP contribution in [0.3, 0.4) is 0 Å². The van der Waals surface area contributed by atoms with Crippen molar-refractivity contribution in [2.45, 2.75) is 6.54 Å². The summed E-state index contributed by atoms with van der Waals surface area (Å²) in [5, 5.41) is 15.7. The molecule has 0 fully saturated rings. The zero-order valence-corrected chi connectivity index (χ0v) is 14.3. The van der Waals surface area contributed by atoms with E-state index in [0.29, 0.717) is 12.3 Å². The summed E-state index contributed by atoms with van der Waals surface area (Å²) in [6.07, 6.45) is 0. The second-order valence-corrected chi connectivity index (χ2v) is 6.44. The molecule has 0 spiro atoms. The quantitative estimate of drug-likeness (QED) is 0.586. The average Bonchev–Trinajstić information content (AvgIpc) is 2.48. The molecule has 0 saturated heterocycles. The Kier molecular flexibility index (Phi) is 4.17. The van der Waals surface area contributed by atoms with E-state index in [-0.39, 0.29) is 0 Å². The third-order valence-corrected chi connectivity index (χ3v) is 4.74. The van der Waals surface area contributed by atoms with Crippen molar-refractivity contribution >= 4 is 48.3 Å². The van der Waals surface area contributed by atoms with E-state index in [9.17, 15) is 5.11 Å². The number of anilines is 1. The van der Waals surface area contributed by atoms with Gasteiger partial charge in [-0.1, -0.05) is 36.4 Å². The fourth-order valence-electron chi connectivity index (χ4n) is 2.35. The second-order valence-electron chi connectivity index (χ2n) is 4.73. The number of hydrogen-bond donors (Lipinski definition) is 2. The van der Waals surface area contributed by atoms with Gasteiger partial charge in [-0.15, -0.1) is 0 Å². The van der Waals surface area contributed by atoms with Crippen LogP contribution in [0.4, 0.5) is 5.69 Å². The predicted octanol–water partition coefficient (Wildman–Crippen LogP) is 5.68. The number of hydrogen-bond acceptors (Lipinski definition) is 2. The molecule has 21 heavy (non-hydrogen) atoms. The molecule has 0 atom stereocenters. The van der Waals surface area contributed by atoms with E-state index in [0.717, 1.165) is 31.0 Å². The topological polar surface area (TPSA) is 32.3 Å². The largest absolute Gasteiger partial charge is 0.508 e. The van der Waals surface area contributed by atoms with Crippen LogP contribution in [0.1, 0.15) is 5.56 Å². The summed E-state index contributed by atoms with van der Waals surface area (Å²) in [5.41, 5.74) is 1.88. The number of halogens is 2. The molecule has 2 nitrogen and oxygen atoms in total. The van der Waals surface area contributed by atoms with Gasteiger partial charge in [-0.2, -0.15) is 0 Å². The van der Waals surface area contributed by atoms with Crippen LogP contribution in [-0.2, 0) is 6.54 Å². The van der Waals surface area contributed by atoms with Gasteiger partial charge in [0, 0.05) is 21.1 Å². The minimum Gasteiger partial charge on any atom is -0.508 e. The number of para-hydroxylation sites is 1. The lowest BCUT2D eigenvalue weighted by molar-refractivity contribution is 0.470. The number of aromatic hydroxyl groups is 1. The van der Waals surface area contributed by atoms with Crippen LogP contribution in [-0.4, -0.2) is 5.11 Å². The molecule has 0 amide bonds. The highest BCUT2D eigenvalue weighted by Gasteiger charge is 2.09. The Morgan fingerprint density at radius 1 is 0.857 bits per heavy atom. The maximum absolute atomic E-state index is 10.2. The van der Waals surface area contributed by atoms with Gasteiger partial charge in [0.25, 0.3) is 0 Å². The summed E-state index contributed by atoms with van der Waals surface area (Å²) in [5.74, 6) is 0.310. The monoisotopic (exact) mass is 405 g/mol. The van der Waals surface area contributed by atoms with Crippen LogP contribution in [0.15, 0.2) is 63.5 Å². The summed E-state index contributed by atoms with van der Waals surface area (Å²) < 4.78 is 1.97. The highest BCUT2D eigenvalue weighted by molar-refractivity contribution is 9.11. The Bertz CT molecular complexity index is 782. The van der Waals surface area contributed by atoms with Crippen molar-refractivity contribution in [2.75, 3.05) is 5.32 Å². The van der Waals surface area contributed by atoms with Gasteiger partial charge in [-0.05, 0) is 60.8 Å². The summed E-state index contributed by atoms with van der Waals surface area (Å²) in [4.78, 5) is 0. The van der Waals surface area contributed by atoms with Crippen LogP contribution in [0.5, 0.6) is 5.75 Å². The van der Waals surface area contributed by atoms with Crippen molar-refractivity contribution in [2.24, 2.45) is 0 Å². The Morgan fingerprint density at radius 3 is 2.33 bits per heavy atom. The lowest BCUT2D eigenvalue weighted by atomic mass is 10.0. The van der Waals surface area contributed by atoms with Gasteiger partial charge in [0.15, 0.2) is 0 Å². The summed E-state index contributed by atoms with van der Waals surface area (Å²) >= 11 is 7.07. The highest BCUT2D eigenvalue weighted by atomic mass is 79.9. The van der Waals surface area contributed by atoms with E-state index < -0.39 is 0 Å². The molecular weight excluding hydrogens is 394 g/mol. The van der Waals surface area contributed by atoms with Crippen molar-refractivity contribution in [1.29, 1.82) is 0 Å². The SMILES string of the molecule is Oc1ccc2ccccc2c1CNc1c(Br)cccc1Br. The number of phenols is 1. The average molecular weight is 407 g/mol. The lowest BCUT2D eigenvalue weighted by Crippen LogP contribution is -2.02. The molecule has 0 aromatic heterocycles. The van der Waals surface area contributed by atoms with Crippen LogP contribution in [0, 0.1) is 0 Å². The molecule has 4 heteroatoms. The van der Waals surface area contributed by atoms with Gasteiger partial charge in [-0.3, -0.25) is 0 Å². The zero-order valence-electron chi connectivity index (χ0n) is 11.1. The van der Waals surface area contributed by atoms with Gasteiger partial charge in [0.1, 0.15) is 5.75 Å². The van der Waals surface area contributed by atoms with Gasteiger partial charge in [-0.25, -0.2) is 0 Å². The van der Waals surface area contributed by atoms with E-state index in [1.54, 1.807) is 6.07 Å². The third kappa shape index (κ3) is 2.92. The molecule has 3 aromatic carbocycles. The Hall–Kier alpha value is -1.52. The Balaban J connectivity index is 1.97. The van der Waals surface area contributed by atoms with E-state index in [2.05, 4.69) is 37.2 Å². The highest BCUT2D eigenvalue weighted by Crippen LogP contribution is 2.33. The van der Waals surface area contributed by atoms with Crippen molar-refractivity contribution in [3.8, 4) is 5.75 Å². The maximum Gasteiger partial charge on any atom is 0.121 e. The molecule has 0 aliphatic carbocycles. The normalized spacial score (nSPS) is 10.8. The van der Waals surface area contributed by atoms with Crippen molar-refractivity contribution in [3.05, 3.63) is 69.1 Å². The second kappa shape index (κ2) is 6.08. The van der Waals surface area contributed by atoms with Crippen LogP contribution in [0.2, 0.25) is 0 Å². The standard InChI is InChI=1S/C17H13Br2NO/c18-14-6-3-7-15(19)17(14)20-10-13-12-5-2-1-4-11(12)8-9-16(13)21/h1-9,20-21H,10H2.